The van der Waals surface area contributed by atoms with Crippen molar-refractivity contribution in [2.75, 3.05) is 0 Å². The van der Waals surface area contributed by atoms with E-state index in [1.165, 1.54) is 0 Å². The number of aromatic amines is 3. The number of rotatable bonds is 3. The van der Waals surface area contributed by atoms with Crippen LogP contribution in [-0.2, 0) is 6.61 Å². The molecule has 0 spiro atoms. The Labute approximate surface area is 139 Å². The molecule has 9 heteroatoms. The summed E-state index contributed by atoms with van der Waals surface area (Å²) in [4.78, 5) is 7.49. The summed E-state index contributed by atoms with van der Waals surface area (Å²) in [5, 5.41) is 24.5. The summed E-state index contributed by atoms with van der Waals surface area (Å²) in [5.41, 5.74) is 3.08. The van der Waals surface area contributed by atoms with Crippen LogP contribution in [-0.4, -0.2) is 35.5 Å². The Morgan fingerprint density at radius 1 is 1.22 bits per heavy atom. The van der Waals surface area contributed by atoms with Gasteiger partial charge in [0.15, 0.2) is 11.6 Å². The fourth-order valence-corrected chi connectivity index (χ4v) is 2.91. The molecule has 0 aliphatic carbocycles. The van der Waals surface area contributed by atoms with Crippen molar-refractivity contribution in [2.45, 2.75) is 6.61 Å². The number of benzene rings is 1. The second-order valence-electron chi connectivity index (χ2n) is 4.91. The highest BCUT2D eigenvalue weighted by atomic mass is 35.5. The minimum Gasteiger partial charge on any atom is -0.388 e. The molecule has 0 saturated heterocycles. The summed E-state index contributed by atoms with van der Waals surface area (Å²) in [6.07, 6.45) is 3.47. The molecule has 0 aliphatic rings. The molecule has 0 atom stereocenters. The average molecular weight is 349 g/mol. The van der Waals surface area contributed by atoms with Gasteiger partial charge in [0, 0.05) is 22.7 Å². The number of aromatic nitrogens is 6. The van der Waals surface area contributed by atoms with Gasteiger partial charge in [-0.25, -0.2) is 4.98 Å². The number of fused-ring (bicyclic) bond motifs is 1. The molecule has 4 aromatic rings. The third-order valence-corrected chi connectivity index (χ3v) is 4.36. The van der Waals surface area contributed by atoms with Gasteiger partial charge >= 0.3 is 0 Å². The highest BCUT2D eigenvalue weighted by Gasteiger charge is 2.21. The lowest BCUT2D eigenvalue weighted by Crippen LogP contribution is -1.86. The number of halogens is 2. The molecule has 4 rings (SSSR count). The van der Waals surface area contributed by atoms with Crippen molar-refractivity contribution in [3.05, 3.63) is 40.4 Å². The van der Waals surface area contributed by atoms with E-state index in [0.29, 0.717) is 32.9 Å². The van der Waals surface area contributed by atoms with Crippen LogP contribution in [0.25, 0.3) is 33.5 Å². The van der Waals surface area contributed by atoms with Crippen molar-refractivity contribution in [3.8, 4) is 22.6 Å². The molecule has 0 saturated carbocycles. The number of aliphatic hydroxyl groups excluding tert-OH is 1. The maximum atomic E-state index is 9.17. The molecule has 116 valence electrons. The van der Waals surface area contributed by atoms with Crippen LogP contribution >= 0.6 is 23.2 Å². The van der Waals surface area contributed by atoms with Crippen LogP contribution < -0.4 is 0 Å². The summed E-state index contributed by atoms with van der Waals surface area (Å²) in [5.74, 6) is 0.801. The van der Waals surface area contributed by atoms with E-state index < -0.39 is 0 Å². The zero-order valence-corrected chi connectivity index (χ0v) is 13.1. The van der Waals surface area contributed by atoms with Gasteiger partial charge in [0.25, 0.3) is 0 Å². The minimum absolute atomic E-state index is 0.221. The molecule has 0 unspecified atom stereocenters. The SMILES string of the molecule is OCc1nc(-c2[nH]c3c(Cl)c(Cl)ccc3c2-c2cn[nH]c2)n[nH]1. The molecule has 0 amide bonds. The number of hydrogen-bond donors (Lipinski definition) is 4. The van der Waals surface area contributed by atoms with Gasteiger partial charge in [-0.3, -0.25) is 10.2 Å². The smallest absolute Gasteiger partial charge is 0.198 e. The Hall–Kier alpha value is -2.35. The van der Waals surface area contributed by atoms with Crippen molar-refractivity contribution in [3.63, 3.8) is 0 Å². The maximum Gasteiger partial charge on any atom is 0.198 e. The van der Waals surface area contributed by atoms with E-state index in [0.717, 1.165) is 16.5 Å². The van der Waals surface area contributed by atoms with Crippen LogP contribution in [0.5, 0.6) is 0 Å². The summed E-state index contributed by atoms with van der Waals surface area (Å²) in [6, 6.07) is 3.62. The Morgan fingerprint density at radius 3 is 2.78 bits per heavy atom. The monoisotopic (exact) mass is 348 g/mol. The van der Waals surface area contributed by atoms with E-state index in [1.54, 1.807) is 18.5 Å². The van der Waals surface area contributed by atoms with E-state index in [4.69, 9.17) is 23.2 Å². The molecular formula is C14H10Cl2N6O. The van der Waals surface area contributed by atoms with Gasteiger partial charge in [0.2, 0.25) is 0 Å². The Kier molecular flexibility index (Phi) is 3.33. The third-order valence-electron chi connectivity index (χ3n) is 3.56. The molecule has 0 bridgehead atoms. The summed E-state index contributed by atoms with van der Waals surface area (Å²) < 4.78 is 0. The van der Waals surface area contributed by atoms with Crippen LogP contribution in [0.4, 0.5) is 0 Å². The second kappa shape index (κ2) is 5.38. The summed E-state index contributed by atoms with van der Waals surface area (Å²) >= 11 is 12.4. The number of aliphatic hydroxyl groups is 1. The van der Waals surface area contributed by atoms with Crippen LogP contribution in [0.1, 0.15) is 5.82 Å². The highest BCUT2D eigenvalue weighted by molar-refractivity contribution is 6.45. The number of nitrogens with one attached hydrogen (secondary N) is 3. The number of hydrogen-bond acceptors (Lipinski definition) is 4. The van der Waals surface area contributed by atoms with Gasteiger partial charge < -0.3 is 10.1 Å². The molecule has 7 nitrogen and oxygen atoms in total. The molecule has 3 aromatic heterocycles. The lowest BCUT2D eigenvalue weighted by atomic mass is 10.0. The first-order chi connectivity index (χ1) is 11.2. The zero-order valence-electron chi connectivity index (χ0n) is 11.6. The van der Waals surface area contributed by atoms with Gasteiger partial charge in [-0.05, 0) is 6.07 Å². The third kappa shape index (κ3) is 2.21. The van der Waals surface area contributed by atoms with Crippen molar-refractivity contribution in [2.24, 2.45) is 0 Å². The maximum absolute atomic E-state index is 9.17. The van der Waals surface area contributed by atoms with E-state index >= 15 is 0 Å². The van der Waals surface area contributed by atoms with E-state index in [9.17, 15) is 5.11 Å². The first-order valence-corrected chi connectivity index (χ1v) is 7.46. The Bertz CT molecular complexity index is 988. The topological polar surface area (TPSA) is 106 Å². The van der Waals surface area contributed by atoms with Crippen LogP contribution in [0.15, 0.2) is 24.5 Å². The normalized spacial score (nSPS) is 11.4. The van der Waals surface area contributed by atoms with Crippen LogP contribution in [0.2, 0.25) is 10.0 Å². The lowest BCUT2D eigenvalue weighted by Gasteiger charge is -1.99. The van der Waals surface area contributed by atoms with Crippen LogP contribution in [0, 0.1) is 0 Å². The van der Waals surface area contributed by atoms with Gasteiger partial charge in [0.05, 0.1) is 27.5 Å². The standard InChI is InChI=1S/C14H10Cl2N6O/c15-8-2-1-7-10(6-3-17-18-4-6)13(20-12(7)11(8)16)14-19-9(5-23)21-22-14/h1-4,20,23H,5H2,(H,17,18)(H,19,21,22). The predicted octanol–water partition coefficient (Wildman–Crippen LogP) is 3.14. The van der Waals surface area contributed by atoms with Crippen molar-refractivity contribution in [1.29, 1.82) is 0 Å². The highest BCUT2D eigenvalue weighted by Crippen LogP contribution is 2.41. The Morgan fingerprint density at radius 2 is 2.09 bits per heavy atom. The van der Waals surface area contributed by atoms with Gasteiger partial charge in [-0.2, -0.15) is 10.2 Å². The summed E-state index contributed by atoms with van der Waals surface area (Å²) in [6.45, 7) is -0.221. The van der Waals surface area contributed by atoms with Crippen molar-refractivity contribution in [1.82, 2.24) is 30.4 Å². The lowest BCUT2D eigenvalue weighted by molar-refractivity contribution is 0.272. The van der Waals surface area contributed by atoms with E-state index in [1.807, 2.05) is 6.07 Å². The summed E-state index contributed by atoms with van der Waals surface area (Å²) in [7, 11) is 0. The molecule has 23 heavy (non-hydrogen) atoms. The average Bonchev–Trinajstić information content (AvgIpc) is 3.28. The Balaban J connectivity index is 2.06. The minimum atomic E-state index is -0.221. The van der Waals surface area contributed by atoms with Crippen molar-refractivity contribution >= 4 is 34.1 Å². The fraction of sp³-hybridized carbons (Fsp3) is 0.0714. The van der Waals surface area contributed by atoms with Gasteiger partial charge in [-0.1, -0.05) is 29.3 Å². The first kappa shape index (κ1) is 14.3. The number of H-pyrrole nitrogens is 3. The number of nitrogens with zero attached hydrogens (tertiary/aromatic N) is 3. The molecule has 4 N–H and O–H groups in total. The molecule has 3 heterocycles. The van der Waals surface area contributed by atoms with Gasteiger partial charge in [-0.15, -0.1) is 0 Å². The fourth-order valence-electron chi connectivity index (χ4n) is 2.54. The zero-order chi connectivity index (χ0) is 16.0. The van der Waals surface area contributed by atoms with Gasteiger partial charge in [0.1, 0.15) is 6.61 Å². The molecule has 1 aromatic carbocycles. The molecule has 0 radical (unpaired) electrons. The molecular weight excluding hydrogens is 339 g/mol. The predicted molar refractivity (Wildman–Crippen MR) is 87.2 cm³/mol. The van der Waals surface area contributed by atoms with E-state index in [-0.39, 0.29) is 6.61 Å². The second-order valence-corrected chi connectivity index (χ2v) is 5.69. The quantitative estimate of drug-likeness (QED) is 0.456. The largest absolute Gasteiger partial charge is 0.388 e. The van der Waals surface area contributed by atoms with E-state index in [2.05, 4.69) is 30.4 Å². The molecule has 0 aliphatic heterocycles. The molecule has 0 fully saturated rings. The van der Waals surface area contributed by atoms with Crippen molar-refractivity contribution < 1.29 is 5.11 Å². The van der Waals surface area contributed by atoms with Crippen LogP contribution in [0.3, 0.4) is 0 Å². The first-order valence-electron chi connectivity index (χ1n) is 6.70.